The highest BCUT2D eigenvalue weighted by Crippen LogP contribution is 2.42. The van der Waals surface area contributed by atoms with Gasteiger partial charge in [0.1, 0.15) is 11.3 Å². The van der Waals surface area contributed by atoms with Crippen molar-refractivity contribution in [3.63, 3.8) is 0 Å². The Morgan fingerprint density at radius 2 is 1.30 bits per heavy atom. The van der Waals surface area contributed by atoms with Gasteiger partial charge in [0.15, 0.2) is 0 Å². The third-order valence-electron chi connectivity index (χ3n) is 8.53. The fourth-order valence-electron chi connectivity index (χ4n) is 6.39. The molecule has 7 aromatic rings. The van der Waals surface area contributed by atoms with Crippen LogP contribution in [-0.4, -0.2) is 21.2 Å². The van der Waals surface area contributed by atoms with Crippen molar-refractivity contribution >= 4 is 21.5 Å². The Bertz CT molecular complexity index is 2020. The van der Waals surface area contributed by atoms with Crippen LogP contribution in [0.4, 0.5) is 0 Å². The van der Waals surface area contributed by atoms with Crippen LogP contribution in [0.3, 0.4) is 0 Å². The molecule has 5 aromatic carbocycles. The van der Waals surface area contributed by atoms with Crippen LogP contribution >= 0.6 is 0 Å². The van der Waals surface area contributed by atoms with Crippen molar-refractivity contribution in [1.82, 2.24) is 14.1 Å². The smallest absolute Gasteiger partial charge is 0.259 e. The van der Waals surface area contributed by atoms with Gasteiger partial charge < -0.3 is 13.9 Å². The lowest BCUT2D eigenvalue weighted by atomic mass is 9.76. The maximum Gasteiger partial charge on any atom is 0.259 e. The predicted molar refractivity (Wildman–Crippen MR) is 173 cm³/mol. The second kappa shape index (κ2) is 10.8. The van der Waals surface area contributed by atoms with Gasteiger partial charge in [0.2, 0.25) is 0 Å². The largest absolute Gasteiger partial charge is 0.497 e. The lowest BCUT2D eigenvalue weighted by Gasteiger charge is -2.38. The highest BCUT2D eigenvalue weighted by Gasteiger charge is 2.39. The molecule has 0 aliphatic carbocycles. The van der Waals surface area contributed by atoms with E-state index in [1.807, 2.05) is 67.1 Å². The molecule has 0 unspecified atom stereocenters. The van der Waals surface area contributed by atoms with Crippen LogP contribution in [0.1, 0.15) is 28.1 Å². The summed E-state index contributed by atoms with van der Waals surface area (Å²) in [4.78, 5) is 18.9. The van der Waals surface area contributed by atoms with Crippen LogP contribution in [0.5, 0.6) is 5.75 Å². The van der Waals surface area contributed by atoms with Gasteiger partial charge in [-0.1, -0.05) is 103 Å². The predicted octanol–water partition coefficient (Wildman–Crippen LogP) is 7.56. The Balaban J connectivity index is 1.41. The number of hydrogen-bond donors (Lipinski definition) is 0. The normalized spacial score (nSPS) is 11.7. The molecule has 0 fully saturated rings. The van der Waals surface area contributed by atoms with E-state index in [4.69, 9.17) is 9.72 Å². The quantitative estimate of drug-likeness (QED) is 0.149. The Kier molecular flexibility index (Phi) is 6.63. The minimum absolute atomic E-state index is 0.0392. The van der Waals surface area contributed by atoms with Gasteiger partial charge in [-0.25, -0.2) is 4.98 Å². The third kappa shape index (κ3) is 4.32. The number of hydrogen-bond acceptors (Lipinski definition) is 3. The number of pyridine rings is 1. The minimum Gasteiger partial charge on any atom is -0.497 e. The van der Waals surface area contributed by atoms with Crippen molar-refractivity contribution in [3.8, 4) is 5.75 Å². The molecule has 0 saturated carbocycles. The molecule has 0 spiro atoms. The average Bonchev–Trinajstić information content (AvgIpc) is 3.43. The summed E-state index contributed by atoms with van der Waals surface area (Å²) in [7, 11) is 1.65. The first-order valence-corrected chi connectivity index (χ1v) is 14.4. The van der Waals surface area contributed by atoms with Gasteiger partial charge in [-0.05, 0) is 64.0 Å². The number of aromatic nitrogens is 3. The number of benzene rings is 5. The van der Waals surface area contributed by atoms with Crippen molar-refractivity contribution in [2.45, 2.75) is 19.0 Å². The van der Waals surface area contributed by atoms with Gasteiger partial charge >= 0.3 is 0 Å². The molecule has 5 heteroatoms. The number of nitrogens with zero attached hydrogens (tertiary/aromatic N) is 3. The highest BCUT2D eigenvalue weighted by atomic mass is 16.5. The van der Waals surface area contributed by atoms with E-state index in [0.717, 1.165) is 50.0 Å². The molecule has 0 amide bonds. The van der Waals surface area contributed by atoms with Crippen molar-refractivity contribution in [3.05, 3.63) is 178 Å². The standard InChI is InChI=1S/C38H31N3O2/c1-27-35(25-40-23-22-28-18-19-29-24-33(43-2)20-21-34(29)36(28)37(40)42)39-26-41(27)38(30-12-6-3-7-13-30,31-14-8-4-9-15-31)32-16-10-5-11-17-32/h3-24,26H,25H2,1-2H3. The molecule has 0 bridgehead atoms. The molecule has 0 N–H and O–H groups in total. The summed E-state index contributed by atoms with van der Waals surface area (Å²) in [5.74, 6) is 0.767. The molecular formula is C38H31N3O2. The van der Waals surface area contributed by atoms with E-state index in [2.05, 4.69) is 84.3 Å². The van der Waals surface area contributed by atoms with Gasteiger partial charge in [0, 0.05) is 11.9 Å². The molecule has 0 atom stereocenters. The number of imidazole rings is 1. The fourth-order valence-corrected chi connectivity index (χ4v) is 6.39. The van der Waals surface area contributed by atoms with E-state index >= 15 is 0 Å². The summed E-state index contributed by atoms with van der Waals surface area (Å²) in [5.41, 5.74) is 4.52. The second-order valence-corrected chi connectivity index (χ2v) is 10.8. The first-order valence-electron chi connectivity index (χ1n) is 14.4. The van der Waals surface area contributed by atoms with E-state index < -0.39 is 5.54 Å². The average molecular weight is 562 g/mol. The zero-order chi connectivity index (χ0) is 29.4. The summed E-state index contributed by atoms with van der Waals surface area (Å²) in [6.45, 7) is 2.45. The molecule has 2 heterocycles. The summed E-state index contributed by atoms with van der Waals surface area (Å²) in [6, 6.07) is 43.5. The molecule has 43 heavy (non-hydrogen) atoms. The third-order valence-corrected chi connectivity index (χ3v) is 8.53. The minimum atomic E-state index is -0.664. The van der Waals surface area contributed by atoms with Crippen molar-refractivity contribution < 1.29 is 4.74 Å². The van der Waals surface area contributed by atoms with Gasteiger partial charge in [-0.2, -0.15) is 0 Å². The molecule has 0 radical (unpaired) electrons. The number of fused-ring (bicyclic) bond motifs is 3. The molecule has 0 saturated heterocycles. The van der Waals surface area contributed by atoms with E-state index in [0.29, 0.717) is 11.9 Å². The number of rotatable bonds is 7. The zero-order valence-electron chi connectivity index (χ0n) is 24.1. The van der Waals surface area contributed by atoms with Crippen LogP contribution in [0.2, 0.25) is 0 Å². The van der Waals surface area contributed by atoms with Crippen molar-refractivity contribution in [2.75, 3.05) is 7.11 Å². The van der Waals surface area contributed by atoms with Crippen molar-refractivity contribution in [2.24, 2.45) is 0 Å². The Labute approximate surface area is 250 Å². The lowest BCUT2D eigenvalue weighted by Crippen LogP contribution is -2.38. The van der Waals surface area contributed by atoms with Crippen LogP contribution in [0.15, 0.2) is 145 Å². The summed E-state index contributed by atoms with van der Waals surface area (Å²) in [6.07, 6.45) is 3.79. The lowest BCUT2D eigenvalue weighted by molar-refractivity contribution is 0.415. The second-order valence-electron chi connectivity index (χ2n) is 10.8. The van der Waals surface area contributed by atoms with E-state index in [1.54, 1.807) is 11.7 Å². The number of ether oxygens (including phenoxy) is 1. The van der Waals surface area contributed by atoms with Gasteiger partial charge in [-0.15, -0.1) is 0 Å². The molecule has 210 valence electrons. The maximum absolute atomic E-state index is 14.0. The summed E-state index contributed by atoms with van der Waals surface area (Å²) in [5, 5.41) is 3.50. The topological polar surface area (TPSA) is 49.0 Å². The molecule has 2 aromatic heterocycles. The van der Waals surface area contributed by atoms with E-state index in [1.165, 1.54) is 0 Å². The van der Waals surface area contributed by atoms with Gasteiger partial charge in [-0.3, -0.25) is 4.79 Å². The first kappa shape index (κ1) is 26.5. The molecule has 0 aliphatic rings. The van der Waals surface area contributed by atoms with Crippen LogP contribution < -0.4 is 10.3 Å². The van der Waals surface area contributed by atoms with Crippen LogP contribution in [0.25, 0.3) is 21.5 Å². The van der Waals surface area contributed by atoms with Crippen molar-refractivity contribution in [1.29, 1.82) is 0 Å². The molecule has 7 rings (SSSR count). The van der Waals surface area contributed by atoms with Crippen LogP contribution in [0, 0.1) is 6.92 Å². The number of methoxy groups -OCH3 is 1. The van der Waals surface area contributed by atoms with Crippen LogP contribution in [-0.2, 0) is 12.1 Å². The van der Waals surface area contributed by atoms with E-state index in [9.17, 15) is 4.79 Å². The van der Waals surface area contributed by atoms with Gasteiger partial charge in [0.05, 0.1) is 31.1 Å². The first-order chi connectivity index (χ1) is 21.1. The monoisotopic (exact) mass is 561 g/mol. The Hall–Kier alpha value is -5.42. The maximum atomic E-state index is 14.0. The molecular weight excluding hydrogens is 530 g/mol. The molecule has 0 aliphatic heterocycles. The Morgan fingerprint density at radius 3 is 1.88 bits per heavy atom. The van der Waals surface area contributed by atoms with Gasteiger partial charge in [0.25, 0.3) is 5.56 Å². The summed E-state index contributed by atoms with van der Waals surface area (Å²) < 4.78 is 9.44. The summed E-state index contributed by atoms with van der Waals surface area (Å²) >= 11 is 0. The SMILES string of the molecule is COc1ccc2c(ccc3ccn(Cc4ncn(C(c5ccccc5)(c5ccccc5)c5ccccc5)c4C)c(=O)c32)c1. The zero-order valence-corrected chi connectivity index (χ0v) is 24.1. The highest BCUT2D eigenvalue weighted by molar-refractivity contribution is 6.07. The molecule has 5 nitrogen and oxygen atoms in total. The van der Waals surface area contributed by atoms with E-state index in [-0.39, 0.29) is 5.56 Å². The fraction of sp³-hybridized carbons (Fsp3) is 0.105. The Morgan fingerprint density at radius 1 is 0.721 bits per heavy atom.